The van der Waals surface area contributed by atoms with Gasteiger partial charge in [-0.1, -0.05) is 58.0 Å². The summed E-state index contributed by atoms with van der Waals surface area (Å²) in [6, 6.07) is 14.9. The Morgan fingerprint density at radius 1 is 1.00 bits per heavy atom. The van der Waals surface area contributed by atoms with Gasteiger partial charge in [-0.3, -0.25) is 4.79 Å². The van der Waals surface area contributed by atoms with Crippen LogP contribution >= 0.6 is 0 Å². The van der Waals surface area contributed by atoms with Gasteiger partial charge in [0.25, 0.3) is 0 Å². The van der Waals surface area contributed by atoms with Crippen molar-refractivity contribution in [1.82, 2.24) is 5.32 Å². The average Bonchev–Trinajstić information content (AvgIpc) is 2.62. The molecule has 2 N–H and O–H groups in total. The van der Waals surface area contributed by atoms with E-state index in [1.807, 2.05) is 0 Å². The molecule has 1 atom stereocenters. The van der Waals surface area contributed by atoms with E-state index in [0.717, 1.165) is 18.2 Å². The molecule has 0 saturated carbocycles. The number of amides is 1. The van der Waals surface area contributed by atoms with E-state index in [4.69, 9.17) is 0 Å². The molecule has 0 saturated heterocycles. The second kappa shape index (κ2) is 10.0. The molecule has 0 heterocycles. The number of rotatable bonds is 9. The summed E-state index contributed by atoms with van der Waals surface area (Å²) in [5.74, 6) is 0.717. The molecule has 6 heteroatoms. The zero-order valence-electron chi connectivity index (χ0n) is 17.9. The van der Waals surface area contributed by atoms with Crippen molar-refractivity contribution in [3.8, 4) is 0 Å². The molecule has 0 aliphatic rings. The molecule has 5 nitrogen and oxygen atoms in total. The highest BCUT2D eigenvalue weighted by molar-refractivity contribution is 7.90. The van der Waals surface area contributed by atoms with Crippen LogP contribution in [0.2, 0.25) is 0 Å². The fraction of sp³-hybridized carbons (Fsp3) is 0.435. The van der Waals surface area contributed by atoms with Gasteiger partial charge in [-0.05, 0) is 47.6 Å². The Labute approximate surface area is 174 Å². The van der Waals surface area contributed by atoms with Crippen molar-refractivity contribution >= 4 is 21.4 Å². The van der Waals surface area contributed by atoms with E-state index in [2.05, 4.69) is 62.6 Å². The zero-order valence-corrected chi connectivity index (χ0v) is 18.7. The third kappa shape index (κ3) is 7.29. The second-order valence-corrected chi connectivity index (χ2v) is 10.3. The molecule has 0 aliphatic heterocycles. The Bertz CT molecular complexity index is 919. The maximum Gasteiger partial charge on any atom is 0.238 e. The fourth-order valence-corrected chi connectivity index (χ4v) is 3.95. The SMILES string of the molecule is CC(C)Cc1ccc([C@@H](NCC(=O)Nc2cccc(S(C)(=O)=O)c2)C(C)C)cc1. The van der Waals surface area contributed by atoms with Crippen LogP contribution in [-0.4, -0.2) is 27.1 Å². The van der Waals surface area contributed by atoms with Crippen LogP contribution in [-0.2, 0) is 21.1 Å². The lowest BCUT2D eigenvalue weighted by molar-refractivity contribution is -0.115. The Morgan fingerprint density at radius 2 is 1.66 bits per heavy atom. The van der Waals surface area contributed by atoms with Crippen molar-refractivity contribution in [2.75, 3.05) is 18.1 Å². The second-order valence-electron chi connectivity index (χ2n) is 8.29. The molecule has 0 spiro atoms. The lowest BCUT2D eigenvalue weighted by Gasteiger charge is -2.23. The Morgan fingerprint density at radius 3 is 2.21 bits per heavy atom. The molecule has 0 bridgehead atoms. The van der Waals surface area contributed by atoms with Gasteiger partial charge in [-0.15, -0.1) is 0 Å². The first kappa shape index (κ1) is 23.1. The number of carbonyl (C=O) groups excluding carboxylic acids is 1. The maximum absolute atomic E-state index is 12.4. The van der Waals surface area contributed by atoms with Gasteiger partial charge in [0.05, 0.1) is 11.4 Å². The highest BCUT2D eigenvalue weighted by Crippen LogP contribution is 2.23. The topological polar surface area (TPSA) is 75.3 Å². The molecular weight excluding hydrogens is 384 g/mol. The quantitative estimate of drug-likeness (QED) is 0.642. The summed E-state index contributed by atoms with van der Waals surface area (Å²) in [6.07, 6.45) is 2.20. The summed E-state index contributed by atoms with van der Waals surface area (Å²) in [4.78, 5) is 12.6. The number of hydrogen-bond acceptors (Lipinski definition) is 4. The lowest BCUT2D eigenvalue weighted by atomic mass is 9.94. The highest BCUT2D eigenvalue weighted by Gasteiger charge is 2.17. The standard InChI is InChI=1S/C23H32N2O3S/c1-16(2)13-18-9-11-19(12-10-18)23(17(3)4)24-15-22(26)25-20-7-6-8-21(14-20)29(5,27)28/h6-12,14,16-17,23-24H,13,15H2,1-5H3,(H,25,26)/t23-/m0/s1. The number of hydrogen-bond donors (Lipinski definition) is 2. The van der Waals surface area contributed by atoms with Crippen LogP contribution in [0.25, 0.3) is 0 Å². The van der Waals surface area contributed by atoms with Gasteiger partial charge in [-0.2, -0.15) is 0 Å². The first-order chi connectivity index (χ1) is 13.6. The van der Waals surface area contributed by atoms with Crippen LogP contribution < -0.4 is 10.6 Å². The first-order valence-corrected chi connectivity index (χ1v) is 11.9. The average molecular weight is 417 g/mol. The predicted octanol–water partition coefficient (Wildman–Crippen LogP) is 4.21. The van der Waals surface area contributed by atoms with Gasteiger partial charge >= 0.3 is 0 Å². The maximum atomic E-state index is 12.4. The molecule has 2 aromatic carbocycles. The molecule has 1 amide bonds. The number of sulfone groups is 1. The lowest BCUT2D eigenvalue weighted by Crippen LogP contribution is -2.33. The van der Waals surface area contributed by atoms with E-state index in [1.165, 1.54) is 17.7 Å². The number of anilines is 1. The van der Waals surface area contributed by atoms with E-state index < -0.39 is 9.84 Å². The van der Waals surface area contributed by atoms with Crippen molar-refractivity contribution in [2.45, 2.75) is 45.1 Å². The molecule has 0 fully saturated rings. The molecule has 0 radical (unpaired) electrons. The van der Waals surface area contributed by atoms with Crippen LogP contribution in [0.3, 0.4) is 0 Å². The third-order valence-corrected chi connectivity index (χ3v) is 5.79. The largest absolute Gasteiger partial charge is 0.325 e. The van der Waals surface area contributed by atoms with Gasteiger partial charge in [0, 0.05) is 18.0 Å². The highest BCUT2D eigenvalue weighted by atomic mass is 32.2. The summed E-state index contributed by atoms with van der Waals surface area (Å²) in [7, 11) is -3.31. The van der Waals surface area contributed by atoms with Crippen molar-refractivity contribution < 1.29 is 13.2 Å². The molecule has 158 valence electrons. The summed E-state index contributed by atoms with van der Waals surface area (Å²) < 4.78 is 23.4. The minimum absolute atomic E-state index is 0.0520. The van der Waals surface area contributed by atoms with Crippen LogP contribution in [0.15, 0.2) is 53.4 Å². The monoisotopic (exact) mass is 416 g/mol. The van der Waals surface area contributed by atoms with Crippen LogP contribution in [0.4, 0.5) is 5.69 Å². The van der Waals surface area contributed by atoms with E-state index >= 15 is 0 Å². The minimum atomic E-state index is -3.31. The van der Waals surface area contributed by atoms with Crippen LogP contribution in [0, 0.1) is 11.8 Å². The normalized spacial score (nSPS) is 12.9. The summed E-state index contributed by atoms with van der Waals surface area (Å²) in [6.45, 7) is 8.79. The summed E-state index contributed by atoms with van der Waals surface area (Å²) in [5.41, 5.74) is 2.94. The summed E-state index contributed by atoms with van der Waals surface area (Å²) >= 11 is 0. The third-order valence-electron chi connectivity index (χ3n) is 4.68. The van der Waals surface area contributed by atoms with Crippen molar-refractivity contribution in [2.24, 2.45) is 11.8 Å². The Hall–Kier alpha value is -2.18. The van der Waals surface area contributed by atoms with Gasteiger partial charge in [0.2, 0.25) is 5.91 Å². The van der Waals surface area contributed by atoms with Gasteiger partial charge in [0.1, 0.15) is 0 Å². The number of carbonyl (C=O) groups is 1. The van der Waals surface area contributed by atoms with Gasteiger partial charge in [0.15, 0.2) is 9.84 Å². The van der Waals surface area contributed by atoms with E-state index in [-0.39, 0.29) is 23.4 Å². The molecule has 2 rings (SSSR count). The Balaban J connectivity index is 2.01. The molecule has 0 unspecified atom stereocenters. The van der Waals surface area contributed by atoms with Crippen molar-refractivity contribution in [1.29, 1.82) is 0 Å². The molecule has 0 aliphatic carbocycles. The smallest absolute Gasteiger partial charge is 0.238 e. The fourth-order valence-electron chi connectivity index (χ4n) is 3.28. The first-order valence-electron chi connectivity index (χ1n) is 9.98. The molecule has 2 aromatic rings. The predicted molar refractivity (Wildman–Crippen MR) is 119 cm³/mol. The Kier molecular flexibility index (Phi) is 7.99. The zero-order chi connectivity index (χ0) is 21.6. The minimum Gasteiger partial charge on any atom is -0.325 e. The van der Waals surface area contributed by atoms with Crippen LogP contribution in [0.5, 0.6) is 0 Å². The van der Waals surface area contributed by atoms with Crippen molar-refractivity contribution in [3.63, 3.8) is 0 Å². The molecule has 0 aromatic heterocycles. The van der Waals surface area contributed by atoms with E-state index in [1.54, 1.807) is 12.1 Å². The van der Waals surface area contributed by atoms with Crippen LogP contribution in [0.1, 0.15) is 44.9 Å². The van der Waals surface area contributed by atoms with E-state index in [9.17, 15) is 13.2 Å². The van der Waals surface area contributed by atoms with E-state index in [0.29, 0.717) is 17.5 Å². The summed E-state index contributed by atoms with van der Waals surface area (Å²) in [5, 5.41) is 6.10. The number of nitrogens with one attached hydrogen (secondary N) is 2. The molecular formula is C23H32N2O3S. The van der Waals surface area contributed by atoms with Gasteiger partial charge in [-0.25, -0.2) is 8.42 Å². The molecule has 29 heavy (non-hydrogen) atoms. The van der Waals surface area contributed by atoms with Gasteiger partial charge < -0.3 is 10.6 Å². The van der Waals surface area contributed by atoms with Crippen molar-refractivity contribution in [3.05, 3.63) is 59.7 Å². The number of benzene rings is 2.